The lowest BCUT2D eigenvalue weighted by atomic mass is 9.98. The van der Waals surface area contributed by atoms with Gasteiger partial charge >= 0.3 is 0 Å². The summed E-state index contributed by atoms with van der Waals surface area (Å²) in [5.41, 5.74) is 3.89. The van der Waals surface area contributed by atoms with Gasteiger partial charge in [-0.05, 0) is 86.1 Å². The second-order valence-electron chi connectivity index (χ2n) is 8.42. The van der Waals surface area contributed by atoms with Gasteiger partial charge in [0.05, 0.1) is 13.2 Å². The van der Waals surface area contributed by atoms with Crippen LogP contribution in [0.1, 0.15) is 76.3 Å². The van der Waals surface area contributed by atoms with Crippen molar-refractivity contribution in [1.82, 2.24) is 0 Å². The highest BCUT2D eigenvalue weighted by Gasteiger charge is 2.19. The largest absolute Gasteiger partial charge is 0.494 e. The average molecular weight is 433 g/mol. The maximum absolute atomic E-state index is 13.3. The summed E-state index contributed by atoms with van der Waals surface area (Å²) in [4.78, 5) is 13.3. The molecule has 32 heavy (non-hydrogen) atoms. The van der Waals surface area contributed by atoms with E-state index in [0.717, 1.165) is 98.4 Å². The summed E-state index contributed by atoms with van der Waals surface area (Å²) < 4.78 is 11.5. The molecule has 0 heterocycles. The van der Waals surface area contributed by atoms with Crippen molar-refractivity contribution >= 4 is 17.9 Å². The molecule has 0 atom stereocenters. The van der Waals surface area contributed by atoms with E-state index in [1.54, 1.807) is 0 Å². The van der Waals surface area contributed by atoms with Crippen molar-refractivity contribution in [1.29, 1.82) is 0 Å². The molecule has 1 saturated carbocycles. The number of unbranched alkanes of at least 4 members (excludes halogenated alkanes) is 2. The molecule has 3 nitrogen and oxygen atoms in total. The molecule has 170 valence electrons. The third-order valence-electron chi connectivity index (χ3n) is 5.70. The van der Waals surface area contributed by atoms with Gasteiger partial charge < -0.3 is 9.47 Å². The molecule has 0 bridgehead atoms. The van der Waals surface area contributed by atoms with E-state index in [-0.39, 0.29) is 5.78 Å². The fraction of sp³-hybridized carbons (Fsp3) is 0.414. The molecule has 0 N–H and O–H groups in total. The lowest BCUT2D eigenvalue weighted by Crippen LogP contribution is -2.04. The van der Waals surface area contributed by atoms with Gasteiger partial charge in [0.25, 0.3) is 0 Å². The summed E-state index contributed by atoms with van der Waals surface area (Å²) in [6.07, 6.45) is 12.2. The zero-order chi connectivity index (χ0) is 22.6. The molecule has 0 aromatic heterocycles. The van der Waals surface area contributed by atoms with Crippen LogP contribution in [0.15, 0.2) is 59.7 Å². The minimum Gasteiger partial charge on any atom is -0.494 e. The van der Waals surface area contributed by atoms with Gasteiger partial charge in [-0.25, -0.2) is 0 Å². The van der Waals surface area contributed by atoms with Gasteiger partial charge in [0.2, 0.25) is 0 Å². The number of Topliss-reactive ketones (excluding diaryl/α,β-unsaturated/α-hetero) is 1. The Bertz CT molecular complexity index is 829. The smallest absolute Gasteiger partial charge is 0.185 e. The van der Waals surface area contributed by atoms with Crippen molar-refractivity contribution in [2.75, 3.05) is 13.2 Å². The van der Waals surface area contributed by atoms with Crippen LogP contribution in [-0.4, -0.2) is 19.0 Å². The molecule has 3 heteroatoms. The van der Waals surface area contributed by atoms with Crippen LogP contribution in [0.5, 0.6) is 11.5 Å². The SMILES string of the molecule is CCCCOc1ccc(C=C2CCCCC(=Cc3ccc(OCCCC)cc3)C2=O)cc1. The van der Waals surface area contributed by atoms with Crippen LogP contribution in [-0.2, 0) is 4.79 Å². The maximum atomic E-state index is 13.3. The number of allylic oxidation sites excluding steroid dienone is 2. The van der Waals surface area contributed by atoms with Crippen LogP contribution >= 0.6 is 0 Å². The monoisotopic (exact) mass is 432 g/mol. The first kappa shape index (κ1) is 23.8. The Hall–Kier alpha value is -2.81. The predicted molar refractivity (Wildman–Crippen MR) is 133 cm³/mol. The highest BCUT2D eigenvalue weighted by molar-refractivity contribution is 6.13. The summed E-state index contributed by atoms with van der Waals surface area (Å²) in [5.74, 6) is 1.94. The van der Waals surface area contributed by atoms with Crippen LogP contribution in [0.25, 0.3) is 12.2 Å². The van der Waals surface area contributed by atoms with E-state index in [4.69, 9.17) is 9.47 Å². The predicted octanol–water partition coefficient (Wildman–Crippen LogP) is 7.65. The molecule has 2 aromatic carbocycles. The summed E-state index contributed by atoms with van der Waals surface area (Å²) >= 11 is 0. The fourth-order valence-electron chi connectivity index (χ4n) is 3.73. The first-order valence-corrected chi connectivity index (χ1v) is 12.1. The molecule has 1 aliphatic carbocycles. The molecular formula is C29H36O3. The topological polar surface area (TPSA) is 35.5 Å². The summed E-state index contributed by atoms with van der Waals surface area (Å²) in [6, 6.07) is 16.1. The van der Waals surface area contributed by atoms with E-state index in [9.17, 15) is 4.79 Å². The first-order valence-electron chi connectivity index (χ1n) is 12.1. The number of ether oxygens (including phenoxy) is 2. The Morgan fingerprint density at radius 1 is 0.688 bits per heavy atom. The van der Waals surface area contributed by atoms with E-state index in [0.29, 0.717) is 0 Å². The molecule has 0 saturated heterocycles. The summed E-state index contributed by atoms with van der Waals surface area (Å²) in [6.45, 7) is 5.80. The summed E-state index contributed by atoms with van der Waals surface area (Å²) in [7, 11) is 0. The maximum Gasteiger partial charge on any atom is 0.185 e. The molecule has 3 rings (SSSR count). The standard InChI is InChI=1S/C29H36O3/c1-3-5-19-31-27-15-11-23(12-16-27)21-25-9-7-8-10-26(29(25)30)22-24-13-17-28(18-14-24)32-20-6-4-2/h11-18,21-22H,3-10,19-20H2,1-2H3. The fourth-order valence-corrected chi connectivity index (χ4v) is 3.73. The molecule has 0 unspecified atom stereocenters. The van der Waals surface area contributed by atoms with Crippen LogP contribution < -0.4 is 9.47 Å². The number of carbonyl (C=O) groups excluding carboxylic acids is 1. The highest BCUT2D eigenvalue weighted by Crippen LogP contribution is 2.28. The van der Waals surface area contributed by atoms with Gasteiger partial charge in [0, 0.05) is 11.1 Å². The van der Waals surface area contributed by atoms with Gasteiger partial charge in [-0.15, -0.1) is 0 Å². The van der Waals surface area contributed by atoms with Gasteiger partial charge in [0.15, 0.2) is 5.78 Å². The van der Waals surface area contributed by atoms with Crippen LogP contribution in [0.4, 0.5) is 0 Å². The second-order valence-corrected chi connectivity index (χ2v) is 8.42. The molecule has 0 amide bonds. The minimum atomic E-state index is 0.175. The minimum absolute atomic E-state index is 0.175. The van der Waals surface area contributed by atoms with E-state index < -0.39 is 0 Å². The molecule has 0 aliphatic heterocycles. The Kier molecular flexibility index (Phi) is 9.61. The Morgan fingerprint density at radius 3 is 1.47 bits per heavy atom. The quantitative estimate of drug-likeness (QED) is 0.220. The third-order valence-corrected chi connectivity index (χ3v) is 5.70. The van der Waals surface area contributed by atoms with E-state index >= 15 is 0 Å². The lowest BCUT2D eigenvalue weighted by Gasteiger charge is -2.08. The van der Waals surface area contributed by atoms with E-state index in [1.807, 2.05) is 60.7 Å². The molecular weight excluding hydrogens is 396 g/mol. The molecule has 1 fully saturated rings. The normalized spacial score (nSPS) is 16.9. The molecule has 2 aromatic rings. The number of hydrogen-bond donors (Lipinski definition) is 0. The second kappa shape index (κ2) is 12.9. The number of ketones is 1. The summed E-state index contributed by atoms with van der Waals surface area (Å²) in [5, 5.41) is 0. The van der Waals surface area contributed by atoms with Crippen molar-refractivity contribution in [3.63, 3.8) is 0 Å². The van der Waals surface area contributed by atoms with Crippen molar-refractivity contribution in [3.05, 3.63) is 70.8 Å². The van der Waals surface area contributed by atoms with E-state index in [2.05, 4.69) is 13.8 Å². The van der Waals surface area contributed by atoms with Crippen molar-refractivity contribution in [3.8, 4) is 11.5 Å². The molecule has 0 radical (unpaired) electrons. The van der Waals surface area contributed by atoms with E-state index in [1.165, 1.54) is 0 Å². The number of rotatable bonds is 10. The third kappa shape index (κ3) is 7.40. The zero-order valence-electron chi connectivity index (χ0n) is 19.6. The lowest BCUT2D eigenvalue weighted by molar-refractivity contribution is -0.112. The number of carbonyl (C=O) groups is 1. The Labute approximate surface area is 193 Å². The van der Waals surface area contributed by atoms with Crippen LogP contribution in [0.3, 0.4) is 0 Å². The molecule has 0 spiro atoms. The Balaban J connectivity index is 1.69. The van der Waals surface area contributed by atoms with Gasteiger partial charge in [-0.2, -0.15) is 0 Å². The highest BCUT2D eigenvalue weighted by atomic mass is 16.5. The molecule has 1 aliphatic rings. The van der Waals surface area contributed by atoms with Crippen molar-refractivity contribution in [2.45, 2.75) is 65.2 Å². The van der Waals surface area contributed by atoms with Gasteiger partial charge in [-0.1, -0.05) is 51.0 Å². The van der Waals surface area contributed by atoms with Crippen LogP contribution in [0, 0.1) is 0 Å². The van der Waals surface area contributed by atoms with Crippen molar-refractivity contribution in [2.24, 2.45) is 0 Å². The zero-order valence-corrected chi connectivity index (χ0v) is 19.6. The number of hydrogen-bond acceptors (Lipinski definition) is 3. The average Bonchev–Trinajstić information content (AvgIpc) is 2.98. The van der Waals surface area contributed by atoms with Crippen molar-refractivity contribution < 1.29 is 14.3 Å². The Morgan fingerprint density at radius 2 is 1.09 bits per heavy atom. The van der Waals surface area contributed by atoms with Gasteiger partial charge in [0.1, 0.15) is 11.5 Å². The number of benzene rings is 2. The first-order chi connectivity index (χ1) is 15.7. The van der Waals surface area contributed by atoms with Gasteiger partial charge in [-0.3, -0.25) is 4.79 Å². The van der Waals surface area contributed by atoms with Crippen LogP contribution in [0.2, 0.25) is 0 Å².